The lowest BCUT2D eigenvalue weighted by Gasteiger charge is -2.15. The minimum Gasteiger partial charge on any atom is -0.450 e. The molecule has 0 radical (unpaired) electrons. The molecule has 1 amide bonds. The average molecular weight is 460 g/mol. The Morgan fingerprint density at radius 2 is 1.75 bits per heavy atom. The van der Waals surface area contributed by atoms with Crippen LogP contribution >= 0.6 is 0 Å². The van der Waals surface area contributed by atoms with Crippen LogP contribution in [0.15, 0.2) is 63.9 Å². The number of carbonyl (C=O) groups is 2. The largest absolute Gasteiger partial charge is 0.450 e. The zero-order chi connectivity index (χ0) is 23.5. The zero-order valence-electron chi connectivity index (χ0n) is 17.6. The number of ether oxygens (including phenoxy) is 1. The van der Waals surface area contributed by atoms with Crippen LogP contribution in [-0.2, 0) is 19.6 Å². The molecular formula is C22H21FN2O6S. The Labute approximate surface area is 184 Å². The number of halogens is 1. The van der Waals surface area contributed by atoms with Crippen LogP contribution < -0.4 is 5.32 Å². The van der Waals surface area contributed by atoms with E-state index in [4.69, 9.17) is 9.15 Å². The molecule has 0 fully saturated rings. The van der Waals surface area contributed by atoms with Gasteiger partial charge in [0.25, 0.3) is 5.91 Å². The molecule has 3 aromatic rings. The lowest BCUT2D eigenvalue weighted by atomic mass is 10.2. The molecule has 0 unspecified atom stereocenters. The minimum atomic E-state index is -3.69. The lowest BCUT2D eigenvalue weighted by molar-refractivity contribution is -0.119. The van der Waals surface area contributed by atoms with E-state index >= 15 is 0 Å². The molecule has 168 valence electrons. The Hall–Kier alpha value is -3.50. The third kappa shape index (κ3) is 5.21. The summed E-state index contributed by atoms with van der Waals surface area (Å²) in [5.41, 5.74) is 1.35. The number of amides is 1. The molecule has 3 rings (SSSR count). The van der Waals surface area contributed by atoms with Gasteiger partial charge in [0.05, 0.1) is 4.90 Å². The summed E-state index contributed by atoms with van der Waals surface area (Å²) in [5.74, 6) is -1.68. The first-order chi connectivity index (χ1) is 15.1. The number of nitrogens with one attached hydrogen (secondary N) is 1. The molecule has 0 aliphatic carbocycles. The number of hydrogen-bond donors (Lipinski definition) is 1. The molecule has 1 heterocycles. The van der Waals surface area contributed by atoms with E-state index in [-0.39, 0.29) is 16.3 Å². The maximum absolute atomic E-state index is 13.0. The molecule has 0 bridgehead atoms. The molecule has 2 aromatic carbocycles. The number of benzene rings is 2. The smallest absolute Gasteiger partial charge is 0.374 e. The van der Waals surface area contributed by atoms with Crippen molar-refractivity contribution in [3.05, 3.63) is 71.7 Å². The van der Waals surface area contributed by atoms with Gasteiger partial charge in [-0.1, -0.05) is 6.07 Å². The van der Waals surface area contributed by atoms with Gasteiger partial charge in [-0.25, -0.2) is 21.9 Å². The van der Waals surface area contributed by atoms with Gasteiger partial charge < -0.3 is 14.5 Å². The number of nitrogens with zero attached hydrogens (tertiary/aromatic N) is 1. The molecule has 0 spiro atoms. The van der Waals surface area contributed by atoms with Crippen LogP contribution in [0.5, 0.6) is 0 Å². The maximum atomic E-state index is 13.0. The fourth-order valence-corrected chi connectivity index (χ4v) is 3.91. The monoisotopic (exact) mass is 460 g/mol. The van der Waals surface area contributed by atoms with E-state index in [9.17, 15) is 22.4 Å². The topological polar surface area (TPSA) is 106 Å². The van der Waals surface area contributed by atoms with E-state index in [1.807, 2.05) is 0 Å². The molecule has 1 N–H and O–H groups in total. The number of rotatable bonds is 7. The van der Waals surface area contributed by atoms with E-state index < -0.39 is 34.3 Å². The molecule has 8 nitrogen and oxygen atoms in total. The summed E-state index contributed by atoms with van der Waals surface area (Å²) in [6, 6.07) is 12.9. The number of furan rings is 1. The molecule has 1 aromatic heterocycles. The molecule has 0 saturated heterocycles. The van der Waals surface area contributed by atoms with Crippen molar-refractivity contribution in [2.75, 3.05) is 26.0 Å². The van der Waals surface area contributed by atoms with Gasteiger partial charge >= 0.3 is 5.97 Å². The van der Waals surface area contributed by atoms with Gasteiger partial charge in [0.2, 0.25) is 15.8 Å². The summed E-state index contributed by atoms with van der Waals surface area (Å²) < 4.78 is 49.3. The molecule has 0 aliphatic heterocycles. The Balaban J connectivity index is 1.62. The van der Waals surface area contributed by atoms with E-state index in [1.54, 1.807) is 19.1 Å². The van der Waals surface area contributed by atoms with Crippen LogP contribution in [0.25, 0.3) is 11.3 Å². The Morgan fingerprint density at radius 1 is 1.06 bits per heavy atom. The number of hydrogen-bond acceptors (Lipinski definition) is 6. The first-order valence-corrected chi connectivity index (χ1v) is 10.9. The highest BCUT2D eigenvalue weighted by atomic mass is 32.2. The van der Waals surface area contributed by atoms with Crippen LogP contribution in [0, 0.1) is 12.7 Å². The van der Waals surface area contributed by atoms with E-state index in [0.29, 0.717) is 16.9 Å². The SMILES string of the molecule is Cc1ccc(NC(=O)COC(=O)c2ccc(-c3ccc(F)cc3)o2)cc1S(=O)(=O)N(C)C. The maximum Gasteiger partial charge on any atom is 0.374 e. The number of carbonyl (C=O) groups excluding carboxylic acids is 2. The van der Waals surface area contributed by atoms with E-state index in [1.165, 1.54) is 56.6 Å². The second-order valence-corrected chi connectivity index (χ2v) is 9.18. The van der Waals surface area contributed by atoms with E-state index in [2.05, 4.69) is 5.32 Å². The summed E-state index contributed by atoms with van der Waals surface area (Å²) >= 11 is 0. The summed E-state index contributed by atoms with van der Waals surface area (Å²) in [7, 11) is -0.863. The summed E-state index contributed by atoms with van der Waals surface area (Å²) in [5, 5.41) is 2.50. The molecule has 0 atom stereocenters. The van der Waals surface area contributed by atoms with Gasteiger partial charge in [0, 0.05) is 25.3 Å². The van der Waals surface area contributed by atoms with Crippen LogP contribution in [0.4, 0.5) is 10.1 Å². The first kappa shape index (κ1) is 23.2. The van der Waals surface area contributed by atoms with Crippen molar-refractivity contribution in [3.8, 4) is 11.3 Å². The predicted molar refractivity (Wildman–Crippen MR) is 115 cm³/mol. The highest BCUT2D eigenvalue weighted by molar-refractivity contribution is 7.89. The third-order valence-corrected chi connectivity index (χ3v) is 6.46. The van der Waals surface area contributed by atoms with Gasteiger partial charge in [0.1, 0.15) is 11.6 Å². The van der Waals surface area contributed by atoms with Crippen molar-refractivity contribution in [2.24, 2.45) is 0 Å². The predicted octanol–water partition coefficient (Wildman–Crippen LogP) is 3.44. The Kier molecular flexibility index (Phi) is 6.75. The summed E-state index contributed by atoms with van der Waals surface area (Å²) in [6.45, 7) is 1.04. The number of esters is 1. The van der Waals surface area contributed by atoms with Crippen molar-refractivity contribution in [1.29, 1.82) is 0 Å². The van der Waals surface area contributed by atoms with Gasteiger partial charge in [-0.05, 0) is 61.0 Å². The lowest BCUT2D eigenvalue weighted by Crippen LogP contribution is -2.24. The van der Waals surface area contributed by atoms with Crippen molar-refractivity contribution >= 4 is 27.6 Å². The van der Waals surface area contributed by atoms with E-state index in [0.717, 1.165) is 4.31 Å². The van der Waals surface area contributed by atoms with Gasteiger partial charge in [-0.3, -0.25) is 4.79 Å². The van der Waals surface area contributed by atoms with Crippen LogP contribution in [0.2, 0.25) is 0 Å². The Bertz CT molecular complexity index is 1250. The molecule has 0 aliphatic rings. The van der Waals surface area contributed by atoms with Crippen LogP contribution in [0.1, 0.15) is 16.1 Å². The highest BCUT2D eigenvalue weighted by Crippen LogP contribution is 2.24. The number of anilines is 1. The second kappa shape index (κ2) is 9.33. The van der Waals surface area contributed by atoms with Crippen molar-refractivity contribution < 1.29 is 31.6 Å². The summed E-state index contributed by atoms with van der Waals surface area (Å²) in [4.78, 5) is 24.4. The molecular weight excluding hydrogens is 439 g/mol. The van der Waals surface area contributed by atoms with Crippen molar-refractivity contribution in [2.45, 2.75) is 11.8 Å². The van der Waals surface area contributed by atoms with Crippen LogP contribution in [-0.4, -0.2) is 45.3 Å². The Morgan fingerprint density at radius 3 is 2.41 bits per heavy atom. The quantitative estimate of drug-likeness (QED) is 0.542. The second-order valence-electron chi connectivity index (χ2n) is 7.06. The fraction of sp³-hybridized carbons (Fsp3) is 0.182. The van der Waals surface area contributed by atoms with Gasteiger partial charge in [0.15, 0.2) is 6.61 Å². The normalized spacial score (nSPS) is 11.4. The fourth-order valence-electron chi connectivity index (χ4n) is 2.77. The van der Waals surface area contributed by atoms with Gasteiger partial charge in [-0.2, -0.15) is 0 Å². The van der Waals surface area contributed by atoms with Gasteiger partial charge in [-0.15, -0.1) is 0 Å². The van der Waals surface area contributed by atoms with Crippen LogP contribution in [0.3, 0.4) is 0 Å². The first-order valence-electron chi connectivity index (χ1n) is 9.44. The number of sulfonamides is 1. The minimum absolute atomic E-state index is 0.0567. The number of aryl methyl sites for hydroxylation is 1. The molecule has 10 heteroatoms. The third-order valence-electron chi connectivity index (χ3n) is 4.50. The summed E-state index contributed by atoms with van der Waals surface area (Å²) in [6.07, 6.45) is 0. The zero-order valence-corrected chi connectivity index (χ0v) is 18.4. The van der Waals surface area contributed by atoms with Crippen molar-refractivity contribution in [3.63, 3.8) is 0 Å². The average Bonchev–Trinajstić information content (AvgIpc) is 3.24. The molecule has 32 heavy (non-hydrogen) atoms. The highest BCUT2D eigenvalue weighted by Gasteiger charge is 2.21. The standard InChI is InChI=1S/C22H21FN2O6S/c1-14-4-9-17(12-20(14)32(28,29)25(2)3)24-21(26)13-30-22(27)19-11-10-18(31-19)15-5-7-16(23)8-6-15/h4-12H,13H2,1-3H3,(H,24,26). The van der Waals surface area contributed by atoms with Crippen molar-refractivity contribution in [1.82, 2.24) is 4.31 Å². The molecule has 0 saturated carbocycles.